The minimum absolute atomic E-state index is 0.0107. The smallest absolute Gasteiger partial charge is 0.407 e. The van der Waals surface area contributed by atoms with Crippen molar-refractivity contribution in [1.82, 2.24) is 10.6 Å². The molecule has 0 bridgehead atoms. The summed E-state index contributed by atoms with van der Waals surface area (Å²) in [6, 6.07) is 16.3. The average Bonchev–Trinajstić information content (AvgIpc) is 3.42. The SMILES string of the molecule is O=C(NCC(C(=O)NC1CCC(C(=O)O)C1)C1CCC1)OCC1c2ccccc2-c2ccccc21. The van der Waals surface area contributed by atoms with Crippen LogP contribution in [-0.2, 0) is 14.3 Å². The van der Waals surface area contributed by atoms with Crippen LogP contribution >= 0.6 is 0 Å². The summed E-state index contributed by atoms with van der Waals surface area (Å²) < 4.78 is 5.63. The molecular formula is C28H32N2O5. The van der Waals surface area contributed by atoms with Gasteiger partial charge in [0.05, 0.1) is 11.8 Å². The van der Waals surface area contributed by atoms with Gasteiger partial charge in [0.25, 0.3) is 0 Å². The Labute approximate surface area is 205 Å². The van der Waals surface area contributed by atoms with Gasteiger partial charge in [-0.25, -0.2) is 4.79 Å². The molecule has 2 amide bonds. The number of rotatable bonds is 8. The highest BCUT2D eigenvalue weighted by Crippen LogP contribution is 2.44. The standard InChI is InChI=1S/C28H32N2O5/c31-26(30-19-13-12-18(14-19)27(32)33)24(17-6-5-7-17)15-29-28(34)35-16-25-22-10-3-1-8-20(22)21-9-2-4-11-23(21)25/h1-4,8-11,17-19,24-25H,5-7,12-16H2,(H,29,34)(H,30,31)(H,32,33). The Morgan fingerprint density at radius 2 is 1.60 bits per heavy atom. The van der Waals surface area contributed by atoms with Crippen LogP contribution in [0.25, 0.3) is 11.1 Å². The number of carbonyl (C=O) groups excluding carboxylic acids is 2. The molecule has 3 unspecified atom stereocenters. The van der Waals surface area contributed by atoms with Gasteiger partial charge < -0.3 is 20.5 Å². The van der Waals surface area contributed by atoms with E-state index in [1.54, 1.807) is 0 Å². The molecule has 7 heteroatoms. The van der Waals surface area contributed by atoms with E-state index >= 15 is 0 Å². The normalized spacial score (nSPS) is 21.9. The molecule has 2 aromatic rings. The molecule has 2 saturated carbocycles. The molecule has 2 fully saturated rings. The second kappa shape index (κ2) is 10.1. The Bertz CT molecular complexity index is 1070. The average molecular weight is 477 g/mol. The number of carboxylic acid groups (broad SMARTS) is 1. The topological polar surface area (TPSA) is 105 Å². The number of nitrogens with one attached hydrogen (secondary N) is 2. The molecule has 0 aliphatic heterocycles. The zero-order chi connectivity index (χ0) is 24.4. The Morgan fingerprint density at radius 1 is 0.943 bits per heavy atom. The van der Waals surface area contributed by atoms with Crippen molar-refractivity contribution < 1.29 is 24.2 Å². The van der Waals surface area contributed by atoms with E-state index in [0.717, 1.165) is 30.4 Å². The molecular weight excluding hydrogens is 444 g/mol. The predicted octanol–water partition coefficient (Wildman–Crippen LogP) is 4.31. The third kappa shape index (κ3) is 4.90. The number of fused-ring (bicyclic) bond motifs is 3. The first-order chi connectivity index (χ1) is 17.0. The van der Waals surface area contributed by atoms with Crippen molar-refractivity contribution in [2.45, 2.75) is 50.5 Å². The van der Waals surface area contributed by atoms with Crippen LogP contribution in [0.15, 0.2) is 48.5 Å². The van der Waals surface area contributed by atoms with Gasteiger partial charge >= 0.3 is 12.1 Å². The fraction of sp³-hybridized carbons (Fsp3) is 0.464. The third-order valence-corrected chi connectivity index (χ3v) is 7.99. The molecule has 0 aromatic heterocycles. The maximum atomic E-state index is 13.0. The summed E-state index contributed by atoms with van der Waals surface area (Å²) >= 11 is 0. The largest absolute Gasteiger partial charge is 0.481 e. The van der Waals surface area contributed by atoms with Crippen LogP contribution in [0.5, 0.6) is 0 Å². The molecule has 0 spiro atoms. The summed E-state index contributed by atoms with van der Waals surface area (Å²) in [4.78, 5) is 36.9. The van der Waals surface area contributed by atoms with Crippen molar-refractivity contribution in [3.05, 3.63) is 59.7 Å². The Hall–Kier alpha value is -3.35. The van der Waals surface area contributed by atoms with Gasteiger partial charge in [0.1, 0.15) is 6.61 Å². The number of hydrogen-bond donors (Lipinski definition) is 3. The molecule has 5 rings (SSSR count). The Morgan fingerprint density at radius 3 is 2.17 bits per heavy atom. The maximum absolute atomic E-state index is 13.0. The molecule has 2 aromatic carbocycles. The van der Waals surface area contributed by atoms with Gasteiger partial charge in [0, 0.05) is 18.5 Å². The summed E-state index contributed by atoms with van der Waals surface area (Å²) in [5.74, 6) is -1.38. The van der Waals surface area contributed by atoms with E-state index in [0.29, 0.717) is 19.3 Å². The van der Waals surface area contributed by atoms with Crippen LogP contribution < -0.4 is 10.6 Å². The Balaban J connectivity index is 1.16. The third-order valence-electron chi connectivity index (χ3n) is 7.99. The van der Waals surface area contributed by atoms with Crippen molar-refractivity contribution >= 4 is 18.0 Å². The van der Waals surface area contributed by atoms with Crippen molar-refractivity contribution in [2.24, 2.45) is 17.8 Å². The van der Waals surface area contributed by atoms with Crippen LogP contribution in [-0.4, -0.2) is 42.3 Å². The molecule has 7 nitrogen and oxygen atoms in total. The lowest BCUT2D eigenvalue weighted by Crippen LogP contribution is -2.47. The molecule has 184 valence electrons. The maximum Gasteiger partial charge on any atom is 0.407 e. The molecule has 3 N–H and O–H groups in total. The van der Waals surface area contributed by atoms with Crippen LogP contribution in [0.4, 0.5) is 4.79 Å². The lowest BCUT2D eigenvalue weighted by molar-refractivity contribution is -0.141. The van der Waals surface area contributed by atoms with E-state index in [-0.39, 0.29) is 48.8 Å². The van der Waals surface area contributed by atoms with Crippen LogP contribution in [0, 0.1) is 17.8 Å². The van der Waals surface area contributed by atoms with E-state index in [9.17, 15) is 19.5 Å². The number of aliphatic carboxylic acids is 1. The van der Waals surface area contributed by atoms with E-state index in [4.69, 9.17) is 4.74 Å². The molecule has 3 aliphatic carbocycles. The lowest BCUT2D eigenvalue weighted by atomic mass is 9.75. The Kier molecular flexibility index (Phi) is 6.75. The first kappa shape index (κ1) is 23.4. The van der Waals surface area contributed by atoms with Gasteiger partial charge in [0.2, 0.25) is 5.91 Å². The number of carboxylic acids is 1. The van der Waals surface area contributed by atoms with Gasteiger partial charge in [-0.2, -0.15) is 0 Å². The number of carbonyl (C=O) groups is 3. The number of amides is 2. The number of hydrogen-bond acceptors (Lipinski definition) is 4. The minimum Gasteiger partial charge on any atom is -0.481 e. The molecule has 3 aliphatic rings. The fourth-order valence-corrected chi connectivity index (χ4v) is 5.80. The fourth-order valence-electron chi connectivity index (χ4n) is 5.80. The predicted molar refractivity (Wildman–Crippen MR) is 131 cm³/mol. The highest BCUT2D eigenvalue weighted by molar-refractivity contribution is 5.81. The van der Waals surface area contributed by atoms with Crippen molar-refractivity contribution in [2.75, 3.05) is 13.2 Å². The second-order valence-electron chi connectivity index (χ2n) is 10.1. The monoisotopic (exact) mass is 476 g/mol. The zero-order valence-corrected chi connectivity index (χ0v) is 19.7. The number of alkyl carbamates (subject to hydrolysis) is 1. The molecule has 0 heterocycles. The highest BCUT2D eigenvalue weighted by atomic mass is 16.5. The van der Waals surface area contributed by atoms with Crippen LogP contribution in [0.3, 0.4) is 0 Å². The molecule has 0 radical (unpaired) electrons. The second-order valence-corrected chi connectivity index (χ2v) is 10.1. The molecule has 35 heavy (non-hydrogen) atoms. The van der Waals surface area contributed by atoms with Gasteiger partial charge in [-0.05, 0) is 60.3 Å². The van der Waals surface area contributed by atoms with Crippen LogP contribution in [0.1, 0.15) is 55.6 Å². The first-order valence-corrected chi connectivity index (χ1v) is 12.6. The lowest BCUT2D eigenvalue weighted by Gasteiger charge is -2.33. The van der Waals surface area contributed by atoms with Gasteiger partial charge in [-0.1, -0.05) is 55.0 Å². The quantitative estimate of drug-likeness (QED) is 0.527. The van der Waals surface area contributed by atoms with E-state index in [1.165, 1.54) is 11.1 Å². The van der Waals surface area contributed by atoms with Gasteiger partial charge in [0.15, 0.2) is 0 Å². The summed E-state index contributed by atoms with van der Waals surface area (Å²) in [6.45, 7) is 0.459. The highest BCUT2D eigenvalue weighted by Gasteiger charge is 2.36. The summed E-state index contributed by atoms with van der Waals surface area (Å²) in [5, 5.41) is 15.1. The van der Waals surface area contributed by atoms with Gasteiger partial charge in [-0.3, -0.25) is 9.59 Å². The van der Waals surface area contributed by atoms with Crippen molar-refractivity contribution in [3.8, 4) is 11.1 Å². The zero-order valence-electron chi connectivity index (χ0n) is 19.7. The molecule has 3 atom stereocenters. The molecule has 0 saturated heterocycles. The van der Waals surface area contributed by atoms with E-state index in [1.807, 2.05) is 24.3 Å². The first-order valence-electron chi connectivity index (χ1n) is 12.6. The van der Waals surface area contributed by atoms with Crippen LogP contribution in [0.2, 0.25) is 0 Å². The summed E-state index contributed by atoms with van der Waals surface area (Å²) in [6.07, 6.45) is 4.24. The number of ether oxygens (including phenoxy) is 1. The van der Waals surface area contributed by atoms with Gasteiger partial charge in [-0.15, -0.1) is 0 Å². The van der Waals surface area contributed by atoms with E-state index < -0.39 is 12.1 Å². The summed E-state index contributed by atoms with van der Waals surface area (Å²) in [7, 11) is 0. The van der Waals surface area contributed by atoms with Crippen molar-refractivity contribution in [1.29, 1.82) is 0 Å². The number of benzene rings is 2. The minimum atomic E-state index is -0.797. The van der Waals surface area contributed by atoms with E-state index in [2.05, 4.69) is 34.9 Å². The van der Waals surface area contributed by atoms with Crippen molar-refractivity contribution in [3.63, 3.8) is 0 Å². The summed E-state index contributed by atoms with van der Waals surface area (Å²) in [5.41, 5.74) is 4.67.